The number of hydrogen-bond acceptors (Lipinski definition) is 3. The van der Waals surface area contributed by atoms with E-state index in [-0.39, 0.29) is 18.0 Å². The number of thioether (sulfide) groups is 1. The molecule has 1 aliphatic heterocycles. The van der Waals surface area contributed by atoms with E-state index in [2.05, 4.69) is 45.9 Å². The van der Waals surface area contributed by atoms with Crippen LogP contribution in [0.1, 0.15) is 33.3 Å². The molecule has 4 heteroatoms. The Hall–Kier alpha value is -1.16. The van der Waals surface area contributed by atoms with Gasteiger partial charge >= 0.3 is 5.97 Å². The first-order valence-electron chi connectivity index (χ1n) is 6.55. The molecule has 0 amide bonds. The zero-order chi connectivity index (χ0) is 14.2. The molecule has 0 fully saturated rings. The quantitative estimate of drug-likeness (QED) is 0.901. The van der Waals surface area contributed by atoms with Crippen LogP contribution in [0.15, 0.2) is 23.1 Å². The maximum Gasteiger partial charge on any atom is 0.323 e. The summed E-state index contributed by atoms with van der Waals surface area (Å²) in [5, 5.41) is 9.04. The molecule has 2 rings (SSSR count). The van der Waals surface area contributed by atoms with Crippen LogP contribution in [0.5, 0.6) is 0 Å². The Morgan fingerprint density at radius 3 is 2.74 bits per heavy atom. The molecule has 0 aromatic heterocycles. The van der Waals surface area contributed by atoms with Crippen LogP contribution in [0.4, 0.5) is 5.69 Å². The van der Waals surface area contributed by atoms with E-state index in [1.807, 2.05) is 16.7 Å². The average molecular weight is 279 g/mol. The number of aliphatic carboxylic acids is 1. The van der Waals surface area contributed by atoms with Crippen molar-refractivity contribution in [2.45, 2.75) is 44.0 Å². The molecule has 0 aliphatic carbocycles. The van der Waals surface area contributed by atoms with Crippen LogP contribution in [0.2, 0.25) is 0 Å². The van der Waals surface area contributed by atoms with E-state index in [1.165, 1.54) is 10.5 Å². The molecule has 1 atom stereocenters. The third kappa shape index (κ3) is 3.06. The number of carboxylic acids is 1. The van der Waals surface area contributed by atoms with Crippen molar-refractivity contribution >= 4 is 23.4 Å². The molecular formula is C15H21NO2S. The first-order valence-corrected chi connectivity index (χ1v) is 7.53. The molecule has 1 aromatic carbocycles. The first-order chi connectivity index (χ1) is 8.79. The maximum atomic E-state index is 11.0. The van der Waals surface area contributed by atoms with Gasteiger partial charge in [0.2, 0.25) is 0 Å². The van der Waals surface area contributed by atoms with Crippen molar-refractivity contribution in [2.24, 2.45) is 0 Å². The van der Waals surface area contributed by atoms with Crippen LogP contribution in [-0.4, -0.2) is 29.4 Å². The number of hydrogen-bond donors (Lipinski definition) is 1. The predicted molar refractivity (Wildman–Crippen MR) is 80.3 cm³/mol. The molecule has 1 heterocycles. The Morgan fingerprint density at radius 2 is 2.16 bits per heavy atom. The van der Waals surface area contributed by atoms with E-state index >= 15 is 0 Å². The molecule has 1 N–H and O–H groups in total. The van der Waals surface area contributed by atoms with Crippen LogP contribution < -0.4 is 4.90 Å². The maximum absolute atomic E-state index is 11.0. The number of carboxylic acid groups (broad SMARTS) is 1. The summed E-state index contributed by atoms with van der Waals surface area (Å²) in [6.07, 6.45) is 0. The van der Waals surface area contributed by atoms with Crippen molar-refractivity contribution < 1.29 is 9.90 Å². The predicted octanol–water partition coefficient (Wildman–Crippen LogP) is 3.37. The summed E-state index contributed by atoms with van der Waals surface area (Å²) in [4.78, 5) is 14.2. The highest BCUT2D eigenvalue weighted by Crippen LogP contribution is 2.39. The van der Waals surface area contributed by atoms with Gasteiger partial charge in [-0.1, -0.05) is 26.8 Å². The van der Waals surface area contributed by atoms with Crippen LogP contribution in [-0.2, 0) is 10.2 Å². The molecule has 1 aromatic rings. The first kappa shape index (κ1) is 14.3. The average Bonchev–Trinajstić information content (AvgIpc) is 2.30. The molecule has 0 radical (unpaired) electrons. The number of rotatable bonds is 2. The second-order valence-electron chi connectivity index (χ2n) is 6.11. The van der Waals surface area contributed by atoms with Crippen molar-refractivity contribution in [2.75, 3.05) is 17.2 Å². The Balaban J connectivity index is 2.38. The Labute approximate surface area is 119 Å². The van der Waals surface area contributed by atoms with Crippen LogP contribution >= 0.6 is 11.8 Å². The molecule has 3 nitrogen and oxygen atoms in total. The van der Waals surface area contributed by atoms with Gasteiger partial charge < -0.3 is 10.0 Å². The highest BCUT2D eigenvalue weighted by molar-refractivity contribution is 7.99. The Bertz CT molecular complexity index is 493. The summed E-state index contributed by atoms with van der Waals surface area (Å²) in [5.74, 6) is 0.165. The van der Waals surface area contributed by atoms with Crippen molar-refractivity contribution in [1.82, 2.24) is 0 Å². The number of benzene rings is 1. The number of fused-ring (bicyclic) bond motifs is 1. The van der Waals surface area contributed by atoms with Gasteiger partial charge in [-0.25, -0.2) is 0 Å². The zero-order valence-corrected chi connectivity index (χ0v) is 12.8. The minimum absolute atomic E-state index is 0.0730. The van der Waals surface area contributed by atoms with Crippen LogP contribution in [0.3, 0.4) is 0 Å². The van der Waals surface area contributed by atoms with E-state index in [0.717, 1.165) is 11.4 Å². The topological polar surface area (TPSA) is 40.5 Å². The fraction of sp³-hybridized carbons (Fsp3) is 0.533. The monoisotopic (exact) mass is 279 g/mol. The van der Waals surface area contributed by atoms with E-state index in [9.17, 15) is 4.79 Å². The Kier molecular flexibility index (Phi) is 3.81. The summed E-state index contributed by atoms with van der Waals surface area (Å²) in [6.45, 7) is 8.74. The second-order valence-corrected chi connectivity index (χ2v) is 7.18. The number of anilines is 1. The van der Waals surface area contributed by atoms with Gasteiger partial charge in [-0.05, 0) is 30.0 Å². The molecule has 104 valence electrons. The third-order valence-electron chi connectivity index (χ3n) is 3.45. The summed E-state index contributed by atoms with van der Waals surface area (Å²) >= 11 is 1.82. The smallest absolute Gasteiger partial charge is 0.323 e. The summed E-state index contributed by atoms with van der Waals surface area (Å²) in [7, 11) is 0. The van der Waals surface area contributed by atoms with Gasteiger partial charge in [0.1, 0.15) is 6.54 Å². The minimum atomic E-state index is -0.774. The number of nitrogens with zero attached hydrogens (tertiary/aromatic N) is 1. The standard InChI is InChI=1S/C15H21NO2S/c1-10-9-19-13-7-11(15(2,3)4)5-6-12(13)16(10)8-14(17)18/h5-7,10H,8-9H2,1-4H3,(H,17,18). The SMILES string of the molecule is CC1CSc2cc(C(C)(C)C)ccc2N1CC(=O)O. The van der Waals surface area contributed by atoms with Gasteiger partial charge in [0, 0.05) is 16.7 Å². The van der Waals surface area contributed by atoms with Gasteiger partial charge in [-0.2, -0.15) is 0 Å². The molecule has 1 aliphatic rings. The van der Waals surface area contributed by atoms with Crippen molar-refractivity contribution in [3.05, 3.63) is 23.8 Å². The second kappa shape index (κ2) is 5.08. The largest absolute Gasteiger partial charge is 0.480 e. The fourth-order valence-electron chi connectivity index (χ4n) is 2.26. The van der Waals surface area contributed by atoms with Crippen molar-refractivity contribution in [3.8, 4) is 0 Å². The molecule has 0 bridgehead atoms. The lowest BCUT2D eigenvalue weighted by molar-refractivity contribution is -0.135. The molecule has 0 saturated heterocycles. The molecule has 1 unspecified atom stereocenters. The van der Waals surface area contributed by atoms with Gasteiger partial charge in [-0.15, -0.1) is 11.8 Å². The Morgan fingerprint density at radius 1 is 1.47 bits per heavy atom. The highest BCUT2D eigenvalue weighted by Gasteiger charge is 2.26. The molecular weight excluding hydrogens is 258 g/mol. The normalized spacial score (nSPS) is 19.2. The van der Waals surface area contributed by atoms with Gasteiger partial charge in [-0.3, -0.25) is 4.79 Å². The minimum Gasteiger partial charge on any atom is -0.480 e. The van der Waals surface area contributed by atoms with E-state index < -0.39 is 5.97 Å². The lowest BCUT2D eigenvalue weighted by Gasteiger charge is -2.36. The molecule has 19 heavy (non-hydrogen) atoms. The van der Waals surface area contributed by atoms with Crippen LogP contribution in [0, 0.1) is 0 Å². The highest BCUT2D eigenvalue weighted by atomic mass is 32.2. The lowest BCUT2D eigenvalue weighted by atomic mass is 9.87. The van der Waals surface area contributed by atoms with Crippen molar-refractivity contribution in [1.29, 1.82) is 0 Å². The fourth-order valence-corrected chi connectivity index (χ4v) is 3.40. The summed E-state index contributed by atoms with van der Waals surface area (Å²) in [6, 6.07) is 6.66. The lowest BCUT2D eigenvalue weighted by Crippen LogP contribution is -2.41. The van der Waals surface area contributed by atoms with Crippen molar-refractivity contribution in [3.63, 3.8) is 0 Å². The summed E-state index contributed by atoms with van der Waals surface area (Å²) < 4.78 is 0. The van der Waals surface area contributed by atoms with Gasteiger partial charge in [0.05, 0.1) is 5.69 Å². The van der Waals surface area contributed by atoms with E-state index in [1.54, 1.807) is 0 Å². The van der Waals surface area contributed by atoms with E-state index in [0.29, 0.717) is 0 Å². The number of carbonyl (C=O) groups is 1. The molecule has 0 saturated carbocycles. The third-order valence-corrected chi connectivity index (χ3v) is 4.74. The van der Waals surface area contributed by atoms with Gasteiger partial charge in [0.15, 0.2) is 0 Å². The van der Waals surface area contributed by atoms with E-state index in [4.69, 9.17) is 5.11 Å². The zero-order valence-electron chi connectivity index (χ0n) is 11.9. The molecule has 0 spiro atoms. The van der Waals surface area contributed by atoms with Crippen LogP contribution in [0.25, 0.3) is 0 Å². The summed E-state index contributed by atoms with van der Waals surface area (Å²) in [5.41, 5.74) is 2.47. The van der Waals surface area contributed by atoms with Gasteiger partial charge in [0.25, 0.3) is 0 Å².